The smallest absolute Gasteiger partial charge is 0.231 e. The Balaban J connectivity index is 1.66. The van der Waals surface area contributed by atoms with E-state index in [1.165, 1.54) is 0 Å². The van der Waals surface area contributed by atoms with Crippen LogP contribution in [0.2, 0.25) is 0 Å². The minimum Gasteiger partial charge on any atom is -0.494 e. The monoisotopic (exact) mass is 419 g/mol. The number of nitrogens with zero attached hydrogens (tertiary/aromatic N) is 5. The van der Waals surface area contributed by atoms with Crippen LogP contribution in [0.1, 0.15) is 18.2 Å². The maximum atomic E-state index is 6.33. The van der Waals surface area contributed by atoms with E-state index in [0.29, 0.717) is 12.5 Å². The Bertz CT molecular complexity index is 1010. The molecule has 0 unspecified atom stereocenters. The van der Waals surface area contributed by atoms with Gasteiger partial charge in [-0.25, -0.2) is 0 Å². The van der Waals surface area contributed by atoms with Gasteiger partial charge in [0, 0.05) is 26.2 Å². The molecule has 7 nitrogen and oxygen atoms in total. The van der Waals surface area contributed by atoms with E-state index < -0.39 is 0 Å². The SMILES string of the molecule is CCOc1ccc(Oc2c(C=NN3CCN(C)CC3)c(C)nn2-c2ccccc2)cc1. The molecule has 1 fully saturated rings. The quantitative estimate of drug-likeness (QED) is 0.543. The Morgan fingerprint density at radius 3 is 2.32 bits per heavy atom. The molecule has 2 aromatic carbocycles. The maximum Gasteiger partial charge on any atom is 0.231 e. The number of aryl methyl sites for hydroxylation is 1. The number of hydrogen-bond acceptors (Lipinski definition) is 6. The standard InChI is InChI=1S/C24H29N5O2/c1-4-30-21-10-12-22(13-11-21)31-24-23(18-25-28-16-14-27(3)15-17-28)19(2)26-29(24)20-8-6-5-7-9-20/h5-13,18H,4,14-17H2,1-3H3. The Kier molecular flexibility index (Phi) is 6.52. The van der Waals surface area contributed by atoms with Gasteiger partial charge in [-0.1, -0.05) is 18.2 Å². The highest BCUT2D eigenvalue weighted by atomic mass is 16.5. The van der Waals surface area contributed by atoms with E-state index in [4.69, 9.17) is 19.7 Å². The van der Waals surface area contributed by atoms with Crippen LogP contribution < -0.4 is 9.47 Å². The van der Waals surface area contributed by atoms with Gasteiger partial charge in [0.05, 0.1) is 29.8 Å². The van der Waals surface area contributed by atoms with Crippen LogP contribution in [-0.2, 0) is 0 Å². The summed E-state index contributed by atoms with van der Waals surface area (Å²) in [5, 5.41) is 11.6. The summed E-state index contributed by atoms with van der Waals surface area (Å²) in [5.74, 6) is 2.18. The lowest BCUT2D eigenvalue weighted by atomic mass is 10.2. The van der Waals surface area contributed by atoms with Crippen molar-refractivity contribution in [3.8, 4) is 23.1 Å². The number of ether oxygens (including phenoxy) is 2. The maximum absolute atomic E-state index is 6.33. The van der Waals surface area contributed by atoms with Crippen molar-refractivity contribution in [1.82, 2.24) is 19.7 Å². The molecule has 0 aliphatic carbocycles. The van der Waals surface area contributed by atoms with Gasteiger partial charge >= 0.3 is 0 Å². The summed E-state index contributed by atoms with van der Waals surface area (Å²) in [6.07, 6.45) is 1.87. The molecule has 162 valence electrons. The molecular weight excluding hydrogens is 390 g/mol. The number of benzene rings is 2. The van der Waals surface area contributed by atoms with Gasteiger partial charge in [-0.15, -0.1) is 0 Å². The van der Waals surface area contributed by atoms with E-state index in [0.717, 1.165) is 54.6 Å². The summed E-state index contributed by atoms with van der Waals surface area (Å²) in [6, 6.07) is 17.6. The third kappa shape index (κ3) is 5.06. The number of hydrogen-bond donors (Lipinski definition) is 0. The zero-order chi connectivity index (χ0) is 21.6. The highest BCUT2D eigenvalue weighted by Gasteiger charge is 2.19. The molecular formula is C24H29N5O2. The summed E-state index contributed by atoms with van der Waals surface area (Å²) in [5.41, 5.74) is 2.67. The minimum absolute atomic E-state index is 0.632. The molecule has 4 rings (SSSR count). The normalized spacial score (nSPS) is 14.9. The predicted molar refractivity (Wildman–Crippen MR) is 123 cm³/mol. The van der Waals surface area contributed by atoms with Gasteiger partial charge < -0.3 is 14.4 Å². The van der Waals surface area contributed by atoms with E-state index in [1.807, 2.05) is 79.3 Å². The van der Waals surface area contributed by atoms with E-state index >= 15 is 0 Å². The second-order valence-electron chi connectivity index (χ2n) is 7.56. The van der Waals surface area contributed by atoms with Gasteiger partial charge in [0.25, 0.3) is 0 Å². The fraction of sp³-hybridized carbons (Fsp3) is 0.333. The number of aromatic nitrogens is 2. The molecule has 1 aliphatic rings. The van der Waals surface area contributed by atoms with Crippen LogP contribution in [0.15, 0.2) is 59.7 Å². The Labute approximate surface area is 183 Å². The highest BCUT2D eigenvalue weighted by molar-refractivity contribution is 5.84. The van der Waals surface area contributed by atoms with E-state index in [9.17, 15) is 0 Å². The fourth-order valence-corrected chi connectivity index (χ4v) is 3.44. The molecule has 0 bridgehead atoms. The average Bonchev–Trinajstić information content (AvgIpc) is 3.10. The van der Waals surface area contributed by atoms with E-state index in [1.54, 1.807) is 0 Å². The minimum atomic E-state index is 0.632. The van der Waals surface area contributed by atoms with Crippen molar-refractivity contribution >= 4 is 6.21 Å². The van der Waals surface area contributed by atoms with Crippen LogP contribution in [0.4, 0.5) is 0 Å². The van der Waals surface area contributed by atoms with Gasteiger partial charge in [0.15, 0.2) is 0 Å². The largest absolute Gasteiger partial charge is 0.494 e. The topological polar surface area (TPSA) is 55.1 Å². The van der Waals surface area contributed by atoms with Crippen molar-refractivity contribution in [2.75, 3.05) is 39.8 Å². The van der Waals surface area contributed by atoms with Gasteiger partial charge in [-0.2, -0.15) is 14.9 Å². The molecule has 3 aromatic rings. The molecule has 2 heterocycles. The fourth-order valence-electron chi connectivity index (χ4n) is 3.44. The molecule has 1 aromatic heterocycles. The van der Waals surface area contributed by atoms with E-state index in [-0.39, 0.29) is 0 Å². The first kappa shape index (κ1) is 20.9. The number of likely N-dealkylation sites (N-methyl/N-ethyl adjacent to an activating group) is 1. The number of piperazine rings is 1. The van der Waals surface area contributed by atoms with Crippen molar-refractivity contribution in [3.63, 3.8) is 0 Å². The molecule has 0 saturated carbocycles. The lowest BCUT2D eigenvalue weighted by Gasteiger charge is -2.30. The van der Waals surface area contributed by atoms with Gasteiger partial charge in [-0.3, -0.25) is 5.01 Å². The molecule has 0 atom stereocenters. The Morgan fingerprint density at radius 2 is 1.65 bits per heavy atom. The lowest BCUT2D eigenvalue weighted by molar-refractivity contribution is 0.159. The Morgan fingerprint density at radius 1 is 0.968 bits per heavy atom. The summed E-state index contributed by atoms with van der Waals surface area (Å²) >= 11 is 0. The lowest BCUT2D eigenvalue weighted by Crippen LogP contribution is -2.41. The predicted octanol–water partition coefficient (Wildman–Crippen LogP) is 3.95. The number of hydrazone groups is 1. The van der Waals surface area contributed by atoms with Crippen LogP contribution in [0.25, 0.3) is 5.69 Å². The van der Waals surface area contributed by atoms with Crippen LogP contribution >= 0.6 is 0 Å². The zero-order valence-corrected chi connectivity index (χ0v) is 18.4. The first-order valence-electron chi connectivity index (χ1n) is 10.7. The third-order valence-corrected chi connectivity index (χ3v) is 5.24. The van der Waals surface area contributed by atoms with Crippen molar-refractivity contribution in [1.29, 1.82) is 0 Å². The second kappa shape index (κ2) is 9.66. The Hall–Kier alpha value is -3.32. The zero-order valence-electron chi connectivity index (χ0n) is 18.4. The van der Waals surface area contributed by atoms with Crippen LogP contribution in [0.3, 0.4) is 0 Å². The molecule has 0 radical (unpaired) electrons. The first-order valence-corrected chi connectivity index (χ1v) is 10.7. The number of para-hydroxylation sites is 1. The molecule has 7 heteroatoms. The summed E-state index contributed by atoms with van der Waals surface area (Å²) in [6.45, 7) is 8.42. The van der Waals surface area contributed by atoms with Crippen molar-refractivity contribution in [2.24, 2.45) is 5.10 Å². The van der Waals surface area contributed by atoms with Crippen molar-refractivity contribution < 1.29 is 9.47 Å². The summed E-state index contributed by atoms with van der Waals surface area (Å²) in [7, 11) is 2.14. The molecule has 0 amide bonds. The van der Waals surface area contributed by atoms with Crippen molar-refractivity contribution in [2.45, 2.75) is 13.8 Å². The van der Waals surface area contributed by atoms with Crippen LogP contribution in [0, 0.1) is 6.92 Å². The summed E-state index contributed by atoms with van der Waals surface area (Å²) < 4.78 is 13.7. The summed E-state index contributed by atoms with van der Waals surface area (Å²) in [4.78, 5) is 2.31. The number of rotatable bonds is 7. The van der Waals surface area contributed by atoms with Crippen LogP contribution in [0.5, 0.6) is 17.4 Å². The molecule has 0 N–H and O–H groups in total. The van der Waals surface area contributed by atoms with Gasteiger partial charge in [0.2, 0.25) is 5.88 Å². The van der Waals surface area contributed by atoms with Gasteiger partial charge in [0.1, 0.15) is 11.5 Å². The molecule has 1 saturated heterocycles. The van der Waals surface area contributed by atoms with Gasteiger partial charge in [-0.05, 0) is 57.3 Å². The highest BCUT2D eigenvalue weighted by Crippen LogP contribution is 2.30. The van der Waals surface area contributed by atoms with Crippen LogP contribution in [-0.4, -0.2) is 65.7 Å². The third-order valence-electron chi connectivity index (χ3n) is 5.24. The van der Waals surface area contributed by atoms with E-state index in [2.05, 4.69) is 17.0 Å². The van der Waals surface area contributed by atoms with Crippen molar-refractivity contribution in [3.05, 3.63) is 65.9 Å². The average molecular weight is 420 g/mol. The molecule has 31 heavy (non-hydrogen) atoms. The molecule has 1 aliphatic heterocycles. The molecule has 0 spiro atoms. The second-order valence-corrected chi connectivity index (χ2v) is 7.56. The first-order chi connectivity index (χ1) is 15.1.